The topological polar surface area (TPSA) is 95.7 Å². The van der Waals surface area contributed by atoms with Gasteiger partial charge < -0.3 is 23.9 Å². The lowest BCUT2D eigenvalue weighted by molar-refractivity contribution is 0.0963. The molecule has 4 aromatic rings. The molecule has 0 aliphatic rings. The van der Waals surface area contributed by atoms with E-state index in [-0.39, 0.29) is 34.2 Å². The number of aromatic nitrogens is 2. The largest absolute Gasteiger partial charge is 0.493 e. The van der Waals surface area contributed by atoms with E-state index in [9.17, 15) is 4.79 Å². The SMILES string of the molecule is [2H]C([2H])([2H])Oc1cc2ncnc(Oc3ccc4c(C(=O)NC)c(C)oc4c3)c2cc1OC([2H])([2H])[2H]. The maximum Gasteiger partial charge on any atom is 0.255 e. The van der Waals surface area contributed by atoms with Gasteiger partial charge in [-0.25, -0.2) is 9.97 Å². The molecule has 1 amide bonds. The number of ether oxygens (including phenoxy) is 3. The van der Waals surface area contributed by atoms with Gasteiger partial charge in [-0.15, -0.1) is 0 Å². The number of nitrogens with one attached hydrogen (secondary N) is 1. The van der Waals surface area contributed by atoms with Crippen LogP contribution in [0, 0.1) is 6.92 Å². The maximum atomic E-state index is 12.2. The van der Waals surface area contributed by atoms with Crippen LogP contribution in [0.5, 0.6) is 23.1 Å². The average Bonchev–Trinajstić information content (AvgIpc) is 3.07. The highest BCUT2D eigenvalue weighted by Crippen LogP contribution is 2.36. The molecule has 2 heterocycles. The van der Waals surface area contributed by atoms with Crippen molar-refractivity contribution < 1.29 is 31.6 Å². The van der Waals surface area contributed by atoms with Gasteiger partial charge in [0.2, 0.25) is 5.88 Å². The number of carbonyl (C=O) groups excluding carboxylic acids is 1. The lowest BCUT2D eigenvalue weighted by Crippen LogP contribution is -2.18. The Morgan fingerprint density at radius 3 is 2.66 bits per heavy atom. The Kier molecular flexibility index (Phi) is 3.18. The van der Waals surface area contributed by atoms with Gasteiger partial charge in [0.15, 0.2) is 11.5 Å². The molecule has 0 bridgehead atoms. The van der Waals surface area contributed by atoms with Crippen LogP contribution in [0.25, 0.3) is 21.9 Å². The van der Waals surface area contributed by atoms with E-state index in [0.29, 0.717) is 28.0 Å². The molecule has 0 saturated heterocycles. The van der Waals surface area contributed by atoms with Gasteiger partial charge in [-0.05, 0) is 25.1 Å². The summed E-state index contributed by atoms with van der Waals surface area (Å²) in [7, 11) is -4.20. The summed E-state index contributed by atoms with van der Waals surface area (Å²) < 4.78 is 65.7. The molecule has 2 aromatic carbocycles. The number of fused-ring (bicyclic) bond motifs is 2. The van der Waals surface area contributed by atoms with Crippen molar-refractivity contribution in [3.63, 3.8) is 0 Å². The molecule has 0 aliphatic heterocycles. The van der Waals surface area contributed by atoms with Crippen molar-refractivity contribution in [1.29, 1.82) is 0 Å². The fraction of sp³-hybridized carbons (Fsp3) is 0.190. The Hall–Kier alpha value is -3.81. The molecule has 0 atom stereocenters. The third-order valence-corrected chi connectivity index (χ3v) is 4.39. The molecule has 0 unspecified atom stereocenters. The molecule has 0 radical (unpaired) electrons. The molecule has 148 valence electrons. The molecular formula is C21H19N3O5. The molecule has 1 N–H and O–H groups in total. The Morgan fingerprint density at radius 1 is 1.10 bits per heavy atom. The van der Waals surface area contributed by atoms with Crippen LogP contribution in [0.4, 0.5) is 0 Å². The van der Waals surface area contributed by atoms with Crippen LogP contribution in [-0.4, -0.2) is 37.0 Å². The molecule has 0 saturated carbocycles. The zero-order chi connectivity index (χ0) is 25.5. The standard InChI is InChI=1S/C21H19N3O5/c1-11-19(20(25)22-2)13-6-5-12(7-16(13)28-11)29-21-14-8-17(26-3)18(27-4)9-15(14)23-10-24-21/h5-10H,1-4H3,(H,22,25)/i3D3,4D3. The summed E-state index contributed by atoms with van der Waals surface area (Å²) in [6.45, 7) is 1.68. The minimum Gasteiger partial charge on any atom is -0.493 e. The van der Waals surface area contributed by atoms with Crippen LogP contribution < -0.4 is 19.5 Å². The van der Waals surface area contributed by atoms with Crippen LogP contribution in [0.3, 0.4) is 0 Å². The fourth-order valence-electron chi connectivity index (χ4n) is 3.06. The number of hydrogen-bond acceptors (Lipinski definition) is 7. The van der Waals surface area contributed by atoms with Gasteiger partial charge in [-0.1, -0.05) is 0 Å². The highest BCUT2D eigenvalue weighted by atomic mass is 16.5. The van der Waals surface area contributed by atoms with Gasteiger partial charge in [-0.2, -0.15) is 0 Å². The molecule has 8 nitrogen and oxygen atoms in total. The van der Waals surface area contributed by atoms with Gasteiger partial charge in [0.05, 0.1) is 38.8 Å². The number of nitrogens with zero attached hydrogens (tertiary/aromatic N) is 2. The highest BCUT2D eigenvalue weighted by Gasteiger charge is 2.18. The summed E-state index contributed by atoms with van der Waals surface area (Å²) in [6.07, 6.45) is 1.19. The second-order valence-electron chi connectivity index (χ2n) is 6.07. The van der Waals surface area contributed by atoms with E-state index in [1.165, 1.54) is 25.5 Å². The van der Waals surface area contributed by atoms with E-state index in [2.05, 4.69) is 15.3 Å². The van der Waals surface area contributed by atoms with Gasteiger partial charge in [-0.3, -0.25) is 4.79 Å². The van der Waals surface area contributed by atoms with Crippen LogP contribution in [0.2, 0.25) is 0 Å². The first-order valence-electron chi connectivity index (χ1n) is 11.4. The van der Waals surface area contributed by atoms with Crippen molar-refractivity contribution in [3.05, 3.63) is 48.0 Å². The molecular weight excluding hydrogens is 374 g/mol. The quantitative estimate of drug-likeness (QED) is 0.544. The zero-order valence-corrected chi connectivity index (χ0v) is 15.4. The second-order valence-corrected chi connectivity index (χ2v) is 6.07. The van der Waals surface area contributed by atoms with Crippen LogP contribution in [-0.2, 0) is 0 Å². The Morgan fingerprint density at radius 2 is 1.90 bits per heavy atom. The number of furan rings is 1. The first-order valence-corrected chi connectivity index (χ1v) is 8.44. The van der Waals surface area contributed by atoms with Crippen LogP contribution in [0.15, 0.2) is 41.1 Å². The summed E-state index contributed by atoms with van der Waals surface area (Å²) in [6, 6.07) is 7.32. The average molecular weight is 399 g/mol. The van der Waals surface area contributed by atoms with Crippen LogP contribution >= 0.6 is 0 Å². The van der Waals surface area contributed by atoms with Crippen molar-refractivity contribution in [1.82, 2.24) is 15.3 Å². The number of amides is 1. The Labute approximate surface area is 174 Å². The number of aryl methyl sites for hydroxylation is 1. The van der Waals surface area contributed by atoms with Gasteiger partial charge in [0, 0.05) is 24.6 Å². The smallest absolute Gasteiger partial charge is 0.255 e. The van der Waals surface area contributed by atoms with Crippen molar-refractivity contribution in [2.75, 3.05) is 21.1 Å². The Bertz CT molecular complexity index is 1430. The van der Waals surface area contributed by atoms with Gasteiger partial charge >= 0.3 is 0 Å². The number of hydrogen-bond donors (Lipinski definition) is 1. The number of carbonyl (C=O) groups is 1. The second kappa shape index (κ2) is 7.31. The molecule has 29 heavy (non-hydrogen) atoms. The highest BCUT2D eigenvalue weighted by molar-refractivity contribution is 6.07. The zero-order valence-electron chi connectivity index (χ0n) is 21.4. The predicted molar refractivity (Wildman–Crippen MR) is 107 cm³/mol. The van der Waals surface area contributed by atoms with Crippen molar-refractivity contribution in [2.24, 2.45) is 0 Å². The van der Waals surface area contributed by atoms with Crippen LogP contribution in [0.1, 0.15) is 24.3 Å². The number of methoxy groups -OCH3 is 2. The van der Waals surface area contributed by atoms with Gasteiger partial charge in [0.25, 0.3) is 5.91 Å². The molecule has 0 aliphatic carbocycles. The van der Waals surface area contributed by atoms with Crippen molar-refractivity contribution >= 4 is 27.8 Å². The summed E-state index contributed by atoms with van der Waals surface area (Å²) in [5.74, 6) is -0.158. The van der Waals surface area contributed by atoms with Crippen molar-refractivity contribution in [2.45, 2.75) is 6.92 Å². The monoisotopic (exact) mass is 399 g/mol. The minimum absolute atomic E-state index is 0.0416. The first-order chi connectivity index (χ1) is 16.3. The van der Waals surface area contributed by atoms with Gasteiger partial charge in [0.1, 0.15) is 23.4 Å². The minimum atomic E-state index is -2.87. The normalized spacial score (nSPS) is 14.8. The summed E-state index contributed by atoms with van der Waals surface area (Å²) in [4.78, 5) is 20.4. The maximum absolute atomic E-state index is 12.2. The lowest BCUT2D eigenvalue weighted by atomic mass is 10.1. The molecule has 8 heteroatoms. The number of benzene rings is 2. The molecule has 4 rings (SSSR count). The first kappa shape index (κ1) is 12.6. The summed E-state index contributed by atoms with van der Waals surface area (Å²) in [5.41, 5.74) is 1.05. The van der Waals surface area contributed by atoms with E-state index in [4.69, 9.17) is 26.9 Å². The van der Waals surface area contributed by atoms with E-state index in [0.717, 1.165) is 0 Å². The van der Waals surface area contributed by atoms with E-state index >= 15 is 0 Å². The third kappa shape index (κ3) is 3.18. The van der Waals surface area contributed by atoms with Crippen molar-refractivity contribution in [3.8, 4) is 23.1 Å². The molecule has 2 aromatic heterocycles. The fourth-order valence-corrected chi connectivity index (χ4v) is 3.06. The Balaban J connectivity index is 1.77. The molecule has 0 spiro atoms. The van der Waals surface area contributed by atoms with E-state index < -0.39 is 14.1 Å². The molecule has 0 fully saturated rings. The number of rotatable bonds is 5. The van der Waals surface area contributed by atoms with E-state index in [1.54, 1.807) is 25.1 Å². The third-order valence-electron chi connectivity index (χ3n) is 4.39. The summed E-state index contributed by atoms with van der Waals surface area (Å²) >= 11 is 0. The van der Waals surface area contributed by atoms with E-state index in [1.807, 2.05) is 0 Å². The predicted octanol–water partition coefficient (Wildman–Crippen LogP) is 3.85. The summed E-state index contributed by atoms with van der Waals surface area (Å²) in [5, 5.41) is 3.41. The lowest BCUT2D eigenvalue weighted by Gasteiger charge is -2.11.